The van der Waals surface area contributed by atoms with Gasteiger partial charge < -0.3 is 14.8 Å². The van der Waals surface area contributed by atoms with Crippen LogP contribution >= 0.6 is 0 Å². The Morgan fingerprint density at radius 1 is 1.20 bits per heavy atom. The van der Waals surface area contributed by atoms with Gasteiger partial charge in [0.2, 0.25) is 21.7 Å². The van der Waals surface area contributed by atoms with Crippen LogP contribution < -0.4 is 10.2 Å². The van der Waals surface area contributed by atoms with Crippen molar-refractivity contribution in [3.8, 4) is 0 Å². The fourth-order valence-corrected chi connectivity index (χ4v) is 5.77. The van der Waals surface area contributed by atoms with Gasteiger partial charge in [0.25, 0.3) is 5.91 Å². The summed E-state index contributed by atoms with van der Waals surface area (Å²) in [5.41, 5.74) is 0.853. The van der Waals surface area contributed by atoms with E-state index in [1.54, 1.807) is 14.0 Å². The van der Waals surface area contributed by atoms with Crippen molar-refractivity contribution in [2.75, 3.05) is 18.0 Å². The summed E-state index contributed by atoms with van der Waals surface area (Å²) in [6, 6.07) is 5.10. The maximum atomic E-state index is 13.9. The number of carbonyl (C=O) groups is 1. The lowest BCUT2D eigenvalue weighted by atomic mass is 10.2. The average molecular weight is 502 g/mol. The third-order valence-electron chi connectivity index (χ3n) is 6.21. The number of rotatable bonds is 5. The van der Waals surface area contributed by atoms with Gasteiger partial charge in [-0.2, -0.15) is 9.49 Å². The molecule has 4 aromatic rings. The van der Waals surface area contributed by atoms with Crippen LogP contribution in [0.4, 0.5) is 14.7 Å². The molecule has 1 aromatic carbocycles. The first-order valence-electron chi connectivity index (χ1n) is 10.7. The molecule has 1 amide bonds. The highest BCUT2D eigenvalue weighted by Gasteiger charge is 2.30. The standard InChI is InChI=1S/C22H21F2N7O3S/c1-12-19(35(33,34)15-3-4-17-16(7-15)20(24)29-28-17)8-18(30(12)2)21(32)27-14-5-6-31(11-14)22-25-9-13(23)10-26-22/h3-4,7-10,14H,5-6,11H2,1-2H3,(H,27,32)(H,28,29)/t14-/m1/s1. The lowest BCUT2D eigenvalue weighted by Gasteiger charge is -2.16. The molecule has 1 saturated heterocycles. The van der Waals surface area contributed by atoms with Crippen molar-refractivity contribution in [3.05, 3.63) is 59.8 Å². The molecular formula is C22H21F2N7O3S. The molecule has 4 heterocycles. The molecule has 0 spiro atoms. The van der Waals surface area contributed by atoms with Gasteiger partial charge in [-0.3, -0.25) is 9.89 Å². The summed E-state index contributed by atoms with van der Waals surface area (Å²) in [6.07, 6.45) is 2.79. The number of aromatic nitrogens is 5. The number of fused-ring (bicyclic) bond motifs is 1. The van der Waals surface area contributed by atoms with E-state index in [-0.39, 0.29) is 26.9 Å². The highest BCUT2D eigenvalue weighted by atomic mass is 32.2. The number of aromatic amines is 1. The van der Waals surface area contributed by atoms with Crippen LogP contribution in [0.3, 0.4) is 0 Å². The Morgan fingerprint density at radius 2 is 1.94 bits per heavy atom. The number of benzene rings is 1. The first-order chi connectivity index (χ1) is 16.6. The Labute approximate surface area is 198 Å². The molecule has 13 heteroatoms. The topological polar surface area (TPSA) is 126 Å². The average Bonchev–Trinajstić information content (AvgIpc) is 3.53. The summed E-state index contributed by atoms with van der Waals surface area (Å²) >= 11 is 0. The summed E-state index contributed by atoms with van der Waals surface area (Å²) in [7, 11) is -2.42. The van der Waals surface area contributed by atoms with E-state index in [9.17, 15) is 22.0 Å². The van der Waals surface area contributed by atoms with Gasteiger partial charge in [-0.1, -0.05) is 0 Å². The molecule has 5 rings (SSSR count). The minimum absolute atomic E-state index is 0.0406. The Bertz CT molecular complexity index is 1550. The van der Waals surface area contributed by atoms with E-state index in [1.165, 1.54) is 28.8 Å². The molecule has 3 aromatic heterocycles. The van der Waals surface area contributed by atoms with Crippen LogP contribution in [-0.2, 0) is 16.9 Å². The quantitative estimate of drug-likeness (QED) is 0.429. The number of hydrogen-bond donors (Lipinski definition) is 2. The number of anilines is 1. The van der Waals surface area contributed by atoms with Crippen molar-refractivity contribution < 1.29 is 22.0 Å². The minimum Gasteiger partial charge on any atom is -0.346 e. The van der Waals surface area contributed by atoms with Crippen molar-refractivity contribution in [2.24, 2.45) is 7.05 Å². The van der Waals surface area contributed by atoms with Gasteiger partial charge in [-0.05, 0) is 37.6 Å². The third-order valence-corrected chi connectivity index (χ3v) is 8.08. The SMILES string of the molecule is Cc1c(S(=O)(=O)c2ccc3n[nH]c(F)c3c2)cc(C(=O)N[C@@H]2CCN(c3ncc(F)cn3)C2)n1C. The van der Waals surface area contributed by atoms with Gasteiger partial charge in [0, 0.05) is 31.9 Å². The zero-order chi connectivity index (χ0) is 24.9. The van der Waals surface area contributed by atoms with Gasteiger partial charge >= 0.3 is 0 Å². The summed E-state index contributed by atoms with van der Waals surface area (Å²) in [5, 5.41) is 8.94. The molecule has 1 fully saturated rings. The van der Waals surface area contributed by atoms with Crippen LogP contribution in [0, 0.1) is 18.7 Å². The molecule has 0 bridgehead atoms. The van der Waals surface area contributed by atoms with Crippen LogP contribution in [0.2, 0.25) is 0 Å². The number of hydrogen-bond acceptors (Lipinski definition) is 7. The molecular weight excluding hydrogens is 480 g/mol. The molecule has 1 aliphatic heterocycles. The fraction of sp³-hybridized carbons (Fsp3) is 0.273. The molecule has 1 atom stereocenters. The third kappa shape index (κ3) is 4.01. The molecule has 0 aliphatic carbocycles. The minimum atomic E-state index is -4.03. The van der Waals surface area contributed by atoms with Gasteiger partial charge in [0.05, 0.1) is 33.1 Å². The van der Waals surface area contributed by atoms with Crippen LogP contribution in [-0.4, -0.2) is 58.2 Å². The zero-order valence-corrected chi connectivity index (χ0v) is 19.6. The predicted molar refractivity (Wildman–Crippen MR) is 122 cm³/mol. The lowest BCUT2D eigenvalue weighted by Crippen LogP contribution is -2.38. The van der Waals surface area contributed by atoms with Gasteiger partial charge in [0.15, 0.2) is 5.82 Å². The van der Waals surface area contributed by atoms with E-state index in [2.05, 4.69) is 25.5 Å². The maximum absolute atomic E-state index is 13.9. The van der Waals surface area contributed by atoms with Crippen LogP contribution in [0.5, 0.6) is 0 Å². The van der Waals surface area contributed by atoms with E-state index >= 15 is 0 Å². The van der Waals surface area contributed by atoms with E-state index < -0.39 is 27.5 Å². The monoisotopic (exact) mass is 501 g/mol. The Hall–Kier alpha value is -3.87. The number of H-pyrrole nitrogens is 1. The molecule has 0 unspecified atom stereocenters. The molecule has 1 aliphatic rings. The number of carbonyl (C=O) groups excluding carboxylic acids is 1. The molecule has 35 heavy (non-hydrogen) atoms. The second-order valence-electron chi connectivity index (χ2n) is 8.36. The van der Waals surface area contributed by atoms with E-state index in [0.717, 1.165) is 12.4 Å². The van der Waals surface area contributed by atoms with Crippen molar-refractivity contribution in [2.45, 2.75) is 29.2 Å². The van der Waals surface area contributed by atoms with Crippen LogP contribution in [0.1, 0.15) is 22.6 Å². The van der Waals surface area contributed by atoms with Gasteiger partial charge in [-0.25, -0.2) is 22.8 Å². The van der Waals surface area contributed by atoms with Crippen LogP contribution in [0.15, 0.2) is 46.5 Å². The van der Waals surface area contributed by atoms with Crippen molar-refractivity contribution in [1.82, 2.24) is 30.0 Å². The highest BCUT2D eigenvalue weighted by molar-refractivity contribution is 7.91. The van der Waals surface area contributed by atoms with Gasteiger partial charge in [-0.15, -0.1) is 0 Å². The Kier molecular flexibility index (Phi) is 5.50. The molecule has 0 saturated carbocycles. The Morgan fingerprint density at radius 3 is 2.69 bits per heavy atom. The Balaban J connectivity index is 1.37. The second-order valence-corrected chi connectivity index (χ2v) is 10.3. The number of nitrogens with one attached hydrogen (secondary N) is 2. The summed E-state index contributed by atoms with van der Waals surface area (Å²) < 4.78 is 55.2. The molecule has 2 N–H and O–H groups in total. The number of halogens is 2. The number of sulfone groups is 1. The van der Waals surface area contributed by atoms with Gasteiger partial charge in [0.1, 0.15) is 5.69 Å². The largest absolute Gasteiger partial charge is 0.346 e. The van der Waals surface area contributed by atoms with E-state index in [4.69, 9.17) is 0 Å². The van der Waals surface area contributed by atoms with Crippen molar-refractivity contribution in [1.29, 1.82) is 0 Å². The summed E-state index contributed by atoms with van der Waals surface area (Å²) in [5.74, 6) is -1.31. The maximum Gasteiger partial charge on any atom is 0.268 e. The first kappa shape index (κ1) is 22.9. The summed E-state index contributed by atoms with van der Waals surface area (Å²) in [6.45, 7) is 2.61. The number of amides is 1. The smallest absolute Gasteiger partial charge is 0.268 e. The first-order valence-corrected chi connectivity index (χ1v) is 12.2. The summed E-state index contributed by atoms with van der Waals surface area (Å²) in [4.78, 5) is 22.7. The molecule has 10 nitrogen and oxygen atoms in total. The lowest BCUT2D eigenvalue weighted by molar-refractivity contribution is 0.0932. The molecule has 182 valence electrons. The normalized spacial score (nSPS) is 16.2. The van der Waals surface area contributed by atoms with Crippen LogP contribution in [0.25, 0.3) is 10.9 Å². The second kappa shape index (κ2) is 8.41. The van der Waals surface area contributed by atoms with Crippen molar-refractivity contribution >= 4 is 32.6 Å². The molecule has 0 radical (unpaired) electrons. The zero-order valence-electron chi connectivity index (χ0n) is 18.8. The van der Waals surface area contributed by atoms with E-state index in [0.29, 0.717) is 36.7 Å². The van der Waals surface area contributed by atoms with Crippen molar-refractivity contribution in [3.63, 3.8) is 0 Å². The highest BCUT2D eigenvalue weighted by Crippen LogP contribution is 2.29. The fourth-order valence-electron chi connectivity index (χ4n) is 4.20. The predicted octanol–water partition coefficient (Wildman–Crippen LogP) is 2.12. The van der Waals surface area contributed by atoms with E-state index in [1.807, 2.05) is 4.90 Å². The number of nitrogens with zero attached hydrogens (tertiary/aromatic N) is 5.